The van der Waals surface area contributed by atoms with E-state index in [1.54, 1.807) is 24.3 Å². The van der Waals surface area contributed by atoms with E-state index >= 15 is 0 Å². The predicted octanol–water partition coefficient (Wildman–Crippen LogP) is 2.97. The Hall–Kier alpha value is -1.81. The normalized spacial score (nSPS) is 11.4. The summed E-state index contributed by atoms with van der Waals surface area (Å²) < 4.78 is 4.70. The third kappa shape index (κ3) is 5.05. The van der Waals surface area contributed by atoms with Gasteiger partial charge in [0.05, 0.1) is 7.11 Å². The fourth-order valence-corrected chi connectivity index (χ4v) is 1.68. The summed E-state index contributed by atoms with van der Waals surface area (Å²) in [6, 6.07) is 5.76. The van der Waals surface area contributed by atoms with Crippen molar-refractivity contribution in [1.29, 1.82) is 0 Å². The maximum Gasteiger partial charge on any atom is 0.328 e. The number of methoxy groups -OCH3 is 1. The van der Waals surface area contributed by atoms with Crippen LogP contribution in [0.15, 0.2) is 35.9 Å². The Morgan fingerprint density at radius 2 is 1.90 bits per heavy atom. The van der Waals surface area contributed by atoms with Crippen molar-refractivity contribution in [2.75, 3.05) is 7.11 Å². The van der Waals surface area contributed by atoms with Crippen molar-refractivity contribution in [1.82, 2.24) is 5.32 Å². The van der Waals surface area contributed by atoms with Crippen LogP contribution in [0.2, 0.25) is 5.02 Å². The third-order valence-corrected chi connectivity index (χ3v) is 2.91. The van der Waals surface area contributed by atoms with Crippen LogP contribution < -0.4 is 5.32 Å². The molecule has 0 unspecified atom stereocenters. The van der Waals surface area contributed by atoms with Crippen LogP contribution in [0.3, 0.4) is 0 Å². The van der Waals surface area contributed by atoms with Crippen molar-refractivity contribution in [3.8, 4) is 0 Å². The maximum absolute atomic E-state index is 12.0. The first-order valence-corrected chi connectivity index (χ1v) is 6.59. The van der Waals surface area contributed by atoms with Gasteiger partial charge in [0.15, 0.2) is 0 Å². The van der Waals surface area contributed by atoms with Crippen molar-refractivity contribution in [3.05, 3.63) is 46.5 Å². The molecule has 1 atom stereocenters. The van der Waals surface area contributed by atoms with Crippen LogP contribution in [0.25, 0.3) is 0 Å². The van der Waals surface area contributed by atoms with E-state index in [-0.39, 0.29) is 5.91 Å². The number of ether oxygens (including phenoxy) is 1. The van der Waals surface area contributed by atoms with Crippen LogP contribution in [-0.4, -0.2) is 25.0 Å². The molecular formula is C15H18ClNO3. The minimum absolute atomic E-state index is 0.334. The summed E-state index contributed by atoms with van der Waals surface area (Å²) in [5.41, 5.74) is 1.51. The molecule has 0 saturated heterocycles. The monoisotopic (exact) mass is 295 g/mol. The number of esters is 1. The molecule has 1 rings (SSSR count). The Balaban J connectivity index is 2.78. The van der Waals surface area contributed by atoms with Gasteiger partial charge in [-0.1, -0.05) is 23.3 Å². The van der Waals surface area contributed by atoms with E-state index in [0.717, 1.165) is 5.57 Å². The van der Waals surface area contributed by atoms with Crippen LogP contribution in [-0.2, 0) is 9.53 Å². The Morgan fingerprint density at radius 1 is 1.30 bits per heavy atom. The Labute approximate surface area is 123 Å². The molecule has 0 aliphatic heterocycles. The number of amides is 1. The van der Waals surface area contributed by atoms with E-state index < -0.39 is 12.0 Å². The first-order valence-electron chi connectivity index (χ1n) is 6.21. The van der Waals surface area contributed by atoms with Crippen LogP contribution >= 0.6 is 11.6 Å². The molecule has 4 nitrogen and oxygen atoms in total. The summed E-state index contributed by atoms with van der Waals surface area (Å²) in [5, 5.41) is 3.21. The number of rotatable bonds is 5. The number of benzene rings is 1. The molecule has 1 aromatic carbocycles. The van der Waals surface area contributed by atoms with Crippen molar-refractivity contribution < 1.29 is 14.3 Å². The van der Waals surface area contributed by atoms with E-state index in [0.29, 0.717) is 17.0 Å². The van der Waals surface area contributed by atoms with Crippen molar-refractivity contribution in [3.63, 3.8) is 0 Å². The van der Waals surface area contributed by atoms with E-state index in [9.17, 15) is 9.59 Å². The molecular weight excluding hydrogens is 278 g/mol. The minimum atomic E-state index is -0.696. The largest absolute Gasteiger partial charge is 0.467 e. The molecule has 108 valence electrons. The van der Waals surface area contributed by atoms with E-state index in [4.69, 9.17) is 16.3 Å². The number of hydrogen-bond acceptors (Lipinski definition) is 3. The number of halogens is 1. The summed E-state index contributed by atoms with van der Waals surface area (Å²) in [4.78, 5) is 23.7. The van der Waals surface area contributed by atoms with Crippen molar-refractivity contribution >= 4 is 23.5 Å². The molecule has 1 N–H and O–H groups in total. The quantitative estimate of drug-likeness (QED) is 0.671. The lowest BCUT2D eigenvalue weighted by Gasteiger charge is -2.15. The lowest BCUT2D eigenvalue weighted by molar-refractivity contribution is -0.142. The molecule has 0 aliphatic carbocycles. The fraction of sp³-hybridized carbons (Fsp3) is 0.333. The average Bonchev–Trinajstić information content (AvgIpc) is 2.42. The minimum Gasteiger partial charge on any atom is -0.467 e. The van der Waals surface area contributed by atoms with E-state index in [1.165, 1.54) is 7.11 Å². The number of allylic oxidation sites excluding steroid dienone is 1. The zero-order valence-electron chi connectivity index (χ0n) is 11.8. The second-order valence-corrected chi connectivity index (χ2v) is 5.01. The summed E-state index contributed by atoms with van der Waals surface area (Å²) >= 11 is 5.77. The van der Waals surface area contributed by atoms with Crippen LogP contribution in [0.5, 0.6) is 0 Å². The maximum atomic E-state index is 12.0. The standard InChI is InChI=1S/C15H18ClNO3/c1-10(2)4-9-13(15(19)20-3)17-14(18)11-5-7-12(16)8-6-11/h4-8,13H,9H2,1-3H3,(H,17,18)/t13-/m1/s1. The second-order valence-electron chi connectivity index (χ2n) is 4.57. The number of carbonyl (C=O) groups is 2. The van der Waals surface area contributed by atoms with Crippen LogP contribution in [0, 0.1) is 0 Å². The summed E-state index contributed by atoms with van der Waals surface area (Å²) in [5.74, 6) is -0.802. The zero-order valence-corrected chi connectivity index (χ0v) is 12.5. The molecule has 0 aliphatic rings. The van der Waals surface area contributed by atoms with Gasteiger partial charge < -0.3 is 10.1 Å². The molecule has 1 amide bonds. The van der Waals surface area contributed by atoms with Gasteiger partial charge in [-0.2, -0.15) is 0 Å². The highest BCUT2D eigenvalue weighted by Gasteiger charge is 2.20. The van der Waals surface area contributed by atoms with Crippen molar-refractivity contribution in [2.24, 2.45) is 0 Å². The van der Waals surface area contributed by atoms with Gasteiger partial charge in [0.2, 0.25) is 0 Å². The topological polar surface area (TPSA) is 55.4 Å². The first kappa shape index (κ1) is 16.2. The first-order chi connectivity index (χ1) is 9.43. The SMILES string of the molecule is COC(=O)[C@@H](CC=C(C)C)NC(=O)c1ccc(Cl)cc1. The van der Waals surface area contributed by atoms with Gasteiger partial charge in [-0.25, -0.2) is 4.79 Å². The molecule has 0 bridgehead atoms. The van der Waals surface area contributed by atoms with Gasteiger partial charge >= 0.3 is 5.97 Å². The molecule has 0 radical (unpaired) electrons. The molecule has 0 saturated carbocycles. The van der Waals surface area contributed by atoms with Crippen LogP contribution in [0.1, 0.15) is 30.6 Å². The second kappa shape index (κ2) is 7.70. The third-order valence-electron chi connectivity index (χ3n) is 2.66. The van der Waals surface area contributed by atoms with Gasteiger partial charge in [-0.3, -0.25) is 4.79 Å². The Morgan fingerprint density at radius 3 is 2.40 bits per heavy atom. The lowest BCUT2D eigenvalue weighted by Crippen LogP contribution is -2.41. The van der Waals surface area contributed by atoms with E-state index in [1.807, 2.05) is 19.9 Å². The lowest BCUT2D eigenvalue weighted by atomic mass is 10.1. The highest BCUT2D eigenvalue weighted by molar-refractivity contribution is 6.30. The highest BCUT2D eigenvalue weighted by Crippen LogP contribution is 2.10. The molecule has 0 fully saturated rings. The summed E-state index contributed by atoms with van der Waals surface area (Å²) in [6.45, 7) is 3.85. The molecule has 0 spiro atoms. The molecule has 5 heteroatoms. The molecule has 20 heavy (non-hydrogen) atoms. The van der Waals surface area contributed by atoms with Gasteiger partial charge in [0.25, 0.3) is 5.91 Å². The Kier molecular flexibility index (Phi) is 6.25. The number of nitrogens with one attached hydrogen (secondary N) is 1. The zero-order chi connectivity index (χ0) is 15.1. The van der Waals surface area contributed by atoms with Gasteiger partial charge in [0, 0.05) is 10.6 Å². The predicted molar refractivity (Wildman–Crippen MR) is 78.8 cm³/mol. The van der Waals surface area contributed by atoms with Gasteiger partial charge in [0.1, 0.15) is 6.04 Å². The summed E-state index contributed by atoms with van der Waals surface area (Å²) in [7, 11) is 1.30. The smallest absolute Gasteiger partial charge is 0.328 e. The number of hydrogen-bond donors (Lipinski definition) is 1. The number of carbonyl (C=O) groups excluding carboxylic acids is 2. The molecule has 0 heterocycles. The Bertz CT molecular complexity index is 504. The van der Waals surface area contributed by atoms with E-state index in [2.05, 4.69) is 5.32 Å². The molecule has 1 aromatic rings. The van der Waals surface area contributed by atoms with Gasteiger partial charge in [-0.15, -0.1) is 0 Å². The van der Waals surface area contributed by atoms with Crippen molar-refractivity contribution in [2.45, 2.75) is 26.3 Å². The van der Waals surface area contributed by atoms with Gasteiger partial charge in [-0.05, 0) is 44.5 Å². The van der Waals surface area contributed by atoms with Crippen LogP contribution in [0.4, 0.5) is 0 Å². The highest BCUT2D eigenvalue weighted by atomic mass is 35.5. The fourth-order valence-electron chi connectivity index (χ4n) is 1.55. The molecule has 0 aromatic heterocycles. The summed E-state index contributed by atoms with van der Waals surface area (Å²) in [6.07, 6.45) is 2.28. The average molecular weight is 296 g/mol.